The number of carbonyl (C=O) groups excluding carboxylic acids is 4. The molecule has 0 saturated heterocycles. The lowest BCUT2D eigenvalue weighted by atomic mass is 9.47. The SMILES string of the molecule is C#C[C@]1(OC(=O)CCC(=O)O[C@H]2CCC3C4C(C5CCC(=O)C=C5C[C@H]4C)[C@@H](C)C[C@@]32C)CCC2C3CCC4=CC(=O)CCC4C3CC[C@@]21CC. The molecule has 14 atom stereocenters. The van der Waals surface area contributed by atoms with Gasteiger partial charge in [0.2, 0.25) is 0 Å². The van der Waals surface area contributed by atoms with Gasteiger partial charge in [-0.1, -0.05) is 44.8 Å². The Kier molecular flexibility index (Phi) is 9.02. The molecule has 0 aromatic heterocycles. The molecule has 0 N–H and O–H groups in total. The fraction of sp³-hybridized carbons (Fsp3) is 0.778. The molecule has 0 bridgehead atoms. The van der Waals surface area contributed by atoms with E-state index >= 15 is 0 Å². The van der Waals surface area contributed by atoms with Crippen LogP contribution in [0.3, 0.4) is 0 Å². The summed E-state index contributed by atoms with van der Waals surface area (Å²) in [5, 5.41) is 0. The maximum Gasteiger partial charge on any atom is 0.307 e. The van der Waals surface area contributed by atoms with Gasteiger partial charge in [-0.15, -0.1) is 6.42 Å². The number of terminal acetylenes is 1. The Labute approximate surface area is 305 Å². The maximum absolute atomic E-state index is 13.6. The second-order valence-electron chi connectivity index (χ2n) is 18.9. The van der Waals surface area contributed by atoms with Gasteiger partial charge in [0.25, 0.3) is 0 Å². The normalized spacial score (nSPS) is 46.8. The van der Waals surface area contributed by atoms with Gasteiger partial charge in [-0.3, -0.25) is 19.2 Å². The fourth-order valence-corrected chi connectivity index (χ4v) is 15.1. The lowest BCUT2D eigenvalue weighted by molar-refractivity contribution is -0.176. The van der Waals surface area contributed by atoms with Crippen LogP contribution in [-0.2, 0) is 28.7 Å². The highest BCUT2D eigenvalue weighted by atomic mass is 16.6. The van der Waals surface area contributed by atoms with E-state index < -0.39 is 5.60 Å². The quantitative estimate of drug-likeness (QED) is 0.204. The average molecular weight is 697 g/mol. The number of carbonyl (C=O) groups is 4. The first kappa shape index (κ1) is 35.4. The number of hydrogen-bond acceptors (Lipinski definition) is 6. The number of rotatable bonds is 6. The van der Waals surface area contributed by atoms with Crippen LogP contribution in [0.5, 0.6) is 0 Å². The molecule has 0 amide bonds. The smallest absolute Gasteiger partial charge is 0.307 e. The summed E-state index contributed by atoms with van der Waals surface area (Å²) in [6.07, 6.45) is 24.1. The summed E-state index contributed by atoms with van der Waals surface area (Å²) in [5.41, 5.74) is 1.52. The molecule has 0 aromatic carbocycles. The molecule has 0 radical (unpaired) electrons. The molecule has 0 aliphatic heterocycles. The standard InChI is InChI=1S/C45H60O6/c1-6-44-20-18-34-32-12-9-30(46)23-28(32)8-11-35(34)36(44)19-21-45(44,7-2)51-40(49)17-16-39(48)50-38-15-14-37-42-26(3)22-29-24-31(47)10-13-33(29)41(42)27(4)25-43(37,38)5/h2,23-24,26-27,32-38,41-42H,6,8-22,25H2,1,3-5H3/t26-,27+,32?,33?,34?,35?,36?,37?,38+,41?,42?,43+,44+,45+/m1/s1. The zero-order valence-electron chi connectivity index (χ0n) is 31.6. The van der Waals surface area contributed by atoms with Gasteiger partial charge >= 0.3 is 11.9 Å². The fourth-order valence-electron chi connectivity index (χ4n) is 15.1. The number of hydrogen-bond donors (Lipinski definition) is 0. The van der Waals surface area contributed by atoms with Crippen LogP contribution in [0.1, 0.15) is 137 Å². The van der Waals surface area contributed by atoms with E-state index in [1.165, 1.54) is 11.1 Å². The van der Waals surface area contributed by atoms with E-state index in [0.717, 1.165) is 77.0 Å². The van der Waals surface area contributed by atoms with Gasteiger partial charge in [-0.2, -0.15) is 0 Å². The van der Waals surface area contributed by atoms with E-state index in [-0.39, 0.29) is 47.5 Å². The van der Waals surface area contributed by atoms with Crippen LogP contribution in [0.25, 0.3) is 0 Å². The first-order valence-electron chi connectivity index (χ1n) is 20.8. The highest BCUT2D eigenvalue weighted by molar-refractivity contribution is 5.91. The lowest BCUT2D eigenvalue weighted by Gasteiger charge is -2.58. The highest BCUT2D eigenvalue weighted by Crippen LogP contribution is 2.68. The Balaban J connectivity index is 0.901. The molecule has 0 aromatic rings. The Morgan fingerprint density at radius 3 is 2.27 bits per heavy atom. The van der Waals surface area contributed by atoms with Crippen molar-refractivity contribution >= 4 is 23.5 Å². The van der Waals surface area contributed by atoms with E-state index in [4.69, 9.17) is 15.9 Å². The van der Waals surface area contributed by atoms with Gasteiger partial charge in [-0.05, 0) is 155 Å². The number of fused-ring (bicyclic) bond motifs is 10. The summed E-state index contributed by atoms with van der Waals surface area (Å²) >= 11 is 0. The molecule has 0 heterocycles. The number of ketones is 2. The maximum atomic E-state index is 13.6. The van der Waals surface area contributed by atoms with Crippen molar-refractivity contribution in [1.82, 2.24) is 0 Å². The van der Waals surface area contributed by atoms with Gasteiger partial charge in [0.15, 0.2) is 17.2 Å². The van der Waals surface area contributed by atoms with Gasteiger partial charge in [0, 0.05) is 23.7 Å². The van der Waals surface area contributed by atoms with Crippen LogP contribution in [0.15, 0.2) is 23.3 Å². The summed E-state index contributed by atoms with van der Waals surface area (Å²) in [6, 6.07) is 0. The second kappa shape index (κ2) is 13.0. The Bertz CT molecular complexity index is 1580. The largest absolute Gasteiger partial charge is 0.462 e. The van der Waals surface area contributed by atoms with Crippen molar-refractivity contribution in [1.29, 1.82) is 0 Å². The molecule has 0 spiro atoms. The van der Waals surface area contributed by atoms with Crippen molar-refractivity contribution in [2.75, 3.05) is 0 Å². The summed E-state index contributed by atoms with van der Waals surface area (Å²) < 4.78 is 12.7. The molecule has 8 unspecified atom stereocenters. The van der Waals surface area contributed by atoms with Crippen LogP contribution >= 0.6 is 0 Å². The van der Waals surface area contributed by atoms with E-state index in [0.29, 0.717) is 84.2 Å². The van der Waals surface area contributed by atoms with Crippen LogP contribution in [0.2, 0.25) is 0 Å². The zero-order valence-corrected chi connectivity index (χ0v) is 31.6. The van der Waals surface area contributed by atoms with Crippen LogP contribution in [0.4, 0.5) is 0 Å². The van der Waals surface area contributed by atoms with E-state index in [1.54, 1.807) is 0 Å². The Morgan fingerprint density at radius 1 is 0.804 bits per heavy atom. The van der Waals surface area contributed by atoms with Gasteiger partial charge in [0.05, 0.1) is 12.8 Å². The summed E-state index contributed by atoms with van der Waals surface area (Å²) in [6.45, 7) is 9.34. The first-order chi connectivity index (χ1) is 24.4. The Morgan fingerprint density at radius 2 is 1.53 bits per heavy atom. The van der Waals surface area contributed by atoms with Crippen molar-refractivity contribution in [2.24, 2.45) is 70.0 Å². The molecule has 6 saturated carbocycles. The van der Waals surface area contributed by atoms with E-state index in [2.05, 4.69) is 33.6 Å². The predicted octanol–water partition coefficient (Wildman–Crippen LogP) is 8.76. The van der Waals surface area contributed by atoms with Crippen LogP contribution in [0, 0.1) is 82.4 Å². The third kappa shape index (κ3) is 5.47. The van der Waals surface area contributed by atoms with Gasteiger partial charge < -0.3 is 9.47 Å². The molecule has 6 fully saturated rings. The van der Waals surface area contributed by atoms with Crippen molar-refractivity contribution in [3.63, 3.8) is 0 Å². The van der Waals surface area contributed by atoms with E-state index in [9.17, 15) is 19.2 Å². The second-order valence-corrected chi connectivity index (χ2v) is 18.9. The van der Waals surface area contributed by atoms with Crippen LogP contribution < -0.4 is 0 Å². The average Bonchev–Trinajstić information content (AvgIpc) is 3.60. The molecule has 8 aliphatic carbocycles. The molecule has 276 valence electrons. The van der Waals surface area contributed by atoms with Crippen LogP contribution in [-0.4, -0.2) is 35.2 Å². The minimum absolute atomic E-state index is 0.0104. The van der Waals surface area contributed by atoms with Crippen molar-refractivity contribution < 1.29 is 28.7 Å². The number of allylic oxidation sites excluding steroid dienone is 2. The monoisotopic (exact) mass is 696 g/mol. The molecule has 8 rings (SSSR count). The summed E-state index contributed by atoms with van der Waals surface area (Å²) in [5.74, 6) is 8.26. The highest BCUT2D eigenvalue weighted by Gasteiger charge is 2.66. The molecule has 8 aliphatic rings. The zero-order chi connectivity index (χ0) is 35.9. The minimum atomic E-state index is -0.935. The molecular weight excluding hydrogens is 636 g/mol. The van der Waals surface area contributed by atoms with Crippen molar-refractivity contribution in [2.45, 2.75) is 149 Å². The Hall–Kier alpha value is -2.68. The summed E-state index contributed by atoms with van der Waals surface area (Å²) in [4.78, 5) is 51.5. The topological polar surface area (TPSA) is 86.7 Å². The molecule has 6 heteroatoms. The molecule has 6 nitrogen and oxygen atoms in total. The van der Waals surface area contributed by atoms with Gasteiger partial charge in [-0.25, -0.2) is 0 Å². The summed E-state index contributed by atoms with van der Waals surface area (Å²) in [7, 11) is 0. The molecular formula is C45H60O6. The lowest BCUT2D eigenvalue weighted by Crippen LogP contribution is -2.55. The third-order valence-corrected chi connectivity index (χ3v) is 16.9. The number of ether oxygens (including phenoxy) is 2. The number of esters is 2. The third-order valence-electron chi connectivity index (χ3n) is 16.9. The van der Waals surface area contributed by atoms with Crippen molar-refractivity contribution in [3.8, 4) is 12.3 Å². The first-order valence-corrected chi connectivity index (χ1v) is 20.8. The van der Waals surface area contributed by atoms with E-state index in [1.807, 2.05) is 12.2 Å². The molecule has 51 heavy (non-hydrogen) atoms. The minimum Gasteiger partial charge on any atom is -0.462 e. The van der Waals surface area contributed by atoms with Gasteiger partial charge in [0.1, 0.15) is 6.10 Å². The van der Waals surface area contributed by atoms with Crippen molar-refractivity contribution in [3.05, 3.63) is 23.3 Å². The predicted molar refractivity (Wildman–Crippen MR) is 195 cm³/mol.